The molecule has 8 rings (SSSR count). The highest BCUT2D eigenvalue weighted by molar-refractivity contribution is 6.72. The minimum atomic E-state index is -3.68. The summed E-state index contributed by atoms with van der Waals surface area (Å²) < 4.78 is 24.6. The first-order valence-corrected chi connectivity index (χ1v) is 21.3. The van der Waals surface area contributed by atoms with Crippen molar-refractivity contribution in [3.63, 3.8) is 0 Å². The fourth-order valence-corrected chi connectivity index (χ4v) is 11.6. The zero-order chi connectivity index (χ0) is 38.8. The molecule has 1 saturated heterocycles. The minimum absolute atomic E-state index is 0.00766. The number of amides is 2. The molecular formula is C41H40FN5O7Si. The molecule has 1 N–H and O–H groups in total. The number of hydrogen-bond acceptors (Lipinski definition) is 8. The standard InChI is InChI=1S/C41H40FN5O7Si/c1-25-38(55(2,3)42)36(20-37(49)44-23-29-12-5-4-10-27(29)18-32(44)24-48)54-41(25)34-19-31(47(52)53)15-16-35(34)45(40(41)51)22-26-9-8-13-30(17-26)46-39(50)33-14-7-6-11-28(33)21-43-46/h4-17,19,21,25,32,36,38,48H,18,20,22-24H2,1-3H3/t25-,32-,36+,38-,41+/m0/s1. The van der Waals surface area contributed by atoms with Gasteiger partial charge < -0.3 is 23.8 Å². The number of nitrogens with zero attached hydrogens (tertiary/aromatic N) is 5. The number of halogens is 1. The number of nitro groups is 1. The zero-order valence-electron chi connectivity index (χ0n) is 30.6. The second-order valence-corrected chi connectivity index (χ2v) is 19.1. The highest BCUT2D eigenvalue weighted by Gasteiger charge is 2.67. The first-order chi connectivity index (χ1) is 26.3. The number of anilines is 1. The first-order valence-electron chi connectivity index (χ1n) is 18.3. The number of non-ortho nitro benzene ring substituents is 1. The first kappa shape index (κ1) is 36.4. The van der Waals surface area contributed by atoms with Crippen LogP contribution >= 0.6 is 0 Å². The monoisotopic (exact) mass is 761 g/mol. The Morgan fingerprint density at radius 1 is 1.04 bits per heavy atom. The number of carbonyl (C=O) groups is 2. The quantitative estimate of drug-likeness (QED) is 0.0883. The maximum absolute atomic E-state index is 16.6. The van der Waals surface area contributed by atoms with Gasteiger partial charge in [-0.1, -0.05) is 61.5 Å². The number of aromatic nitrogens is 2. The van der Waals surface area contributed by atoms with Gasteiger partial charge in [0.2, 0.25) is 14.3 Å². The molecule has 0 unspecified atom stereocenters. The number of aliphatic hydroxyl groups excluding tert-OH is 1. The molecule has 2 amide bonds. The Labute approximate surface area is 317 Å². The summed E-state index contributed by atoms with van der Waals surface area (Å²) in [6.07, 6.45) is 0.827. The van der Waals surface area contributed by atoms with Crippen molar-refractivity contribution in [3.05, 3.63) is 140 Å². The van der Waals surface area contributed by atoms with Crippen LogP contribution in [0.25, 0.3) is 16.5 Å². The highest BCUT2D eigenvalue weighted by Crippen LogP contribution is 2.60. The normalized spacial score (nSPS) is 23.3. The van der Waals surface area contributed by atoms with Crippen LogP contribution in [-0.2, 0) is 39.4 Å². The number of ether oxygens (including phenoxy) is 1. The summed E-state index contributed by atoms with van der Waals surface area (Å²) in [7, 11) is -3.68. The summed E-state index contributed by atoms with van der Waals surface area (Å²) in [6.45, 7) is 4.82. The number of hydrogen-bond donors (Lipinski definition) is 1. The Bertz CT molecular complexity index is 2430. The second-order valence-electron chi connectivity index (χ2n) is 15.3. The largest absolute Gasteiger partial charge is 0.394 e. The molecule has 5 aromatic rings. The van der Waals surface area contributed by atoms with E-state index in [1.165, 1.54) is 40.9 Å². The van der Waals surface area contributed by atoms with Gasteiger partial charge >= 0.3 is 0 Å². The van der Waals surface area contributed by atoms with E-state index in [1.807, 2.05) is 36.4 Å². The molecule has 55 heavy (non-hydrogen) atoms. The van der Waals surface area contributed by atoms with Gasteiger partial charge in [0.05, 0.1) is 59.6 Å². The fraction of sp³-hybridized carbons (Fsp3) is 0.317. The van der Waals surface area contributed by atoms with Crippen LogP contribution in [0.4, 0.5) is 15.5 Å². The number of carbonyl (C=O) groups excluding carboxylic acids is 2. The summed E-state index contributed by atoms with van der Waals surface area (Å²) in [5.41, 5.74) is 0.566. The summed E-state index contributed by atoms with van der Waals surface area (Å²) in [5.74, 6) is -1.64. The van der Waals surface area contributed by atoms with Gasteiger partial charge in [0.1, 0.15) is 0 Å². The van der Waals surface area contributed by atoms with Gasteiger partial charge in [0.15, 0.2) is 5.60 Å². The van der Waals surface area contributed by atoms with E-state index in [-0.39, 0.29) is 48.8 Å². The van der Waals surface area contributed by atoms with Crippen molar-refractivity contribution in [1.82, 2.24) is 14.7 Å². The topological polar surface area (TPSA) is 148 Å². The lowest BCUT2D eigenvalue weighted by Gasteiger charge is -2.37. The molecule has 1 spiro atoms. The van der Waals surface area contributed by atoms with Gasteiger partial charge in [0.25, 0.3) is 17.2 Å². The Hall–Kier alpha value is -5.57. The van der Waals surface area contributed by atoms with Gasteiger partial charge in [-0.3, -0.25) is 24.5 Å². The van der Waals surface area contributed by atoms with Crippen LogP contribution in [0.3, 0.4) is 0 Å². The van der Waals surface area contributed by atoms with E-state index in [2.05, 4.69) is 5.10 Å². The molecule has 3 aliphatic rings. The Morgan fingerprint density at radius 2 is 1.78 bits per heavy atom. The van der Waals surface area contributed by atoms with E-state index in [4.69, 9.17) is 4.74 Å². The van der Waals surface area contributed by atoms with E-state index in [0.717, 1.165) is 11.1 Å². The summed E-state index contributed by atoms with van der Waals surface area (Å²) in [5, 5.41) is 28.0. The summed E-state index contributed by atoms with van der Waals surface area (Å²) in [6, 6.07) is 25.6. The van der Waals surface area contributed by atoms with Crippen LogP contribution in [0, 0.1) is 16.0 Å². The molecule has 282 valence electrons. The van der Waals surface area contributed by atoms with E-state index in [0.29, 0.717) is 34.1 Å². The van der Waals surface area contributed by atoms with Crippen LogP contribution in [0.5, 0.6) is 0 Å². The lowest BCUT2D eigenvalue weighted by Crippen LogP contribution is -2.48. The van der Waals surface area contributed by atoms with Crippen molar-refractivity contribution in [2.45, 2.75) is 69.2 Å². The number of nitro benzene ring substituents is 1. The summed E-state index contributed by atoms with van der Waals surface area (Å²) in [4.78, 5) is 57.2. The zero-order valence-corrected chi connectivity index (χ0v) is 31.6. The molecular weight excluding hydrogens is 722 g/mol. The molecule has 0 radical (unpaired) electrons. The van der Waals surface area contributed by atoms with E-state index >= 15 is 8.90 Å². The van der Waals surface area contributed by atoms with Crippen molar-refractivity contribution in [2.75, 3.05) is 11.5 Å². The van der Waals surface area contributed by atoms with Crippen molar-refractivity contribution in [2.24, 2.45) is 5.92 Å². The fourth-order valence-electron chi connectivity index (χ4n) is 9.08. The van der Waals surface area contributed by atoms with Crippen LogP contribution in [0.2, 0.25) is 18.6 Å². The lowest BCUT2D eigenvalue weighted by molar-refractivity contribution is -0.385. The molecule has 14 heteroatoms. The van der Waals surface area contributed by atoms with Crippen LogP contribution < -0.4 is 10.5 Å². The van der Waals surface area contributed by atoms with Crippen molar-refractivity contribution in [3.8, 4) is 5.69 Å². The predicted molar refractivity (Wildman–Crippen MR) is 206 cm³/mol. The third-order valence-electron chi connectivity index (χ3n) is 11.6. The summed E-state index contributed by atoms with van der Waals surface area (Å²) >= 11 is 0. The van der Waals surface area contributed by atoms with Gasteiger partial charge in [-0.2, -0.15) is 9.78 Å². The second kappa shape index (κ2) is 13.6. The molecule has 0 aliphatic carbocycles. The Kier molecular flexibility index (Phi) is 9.02. The Balaban J connectivity index is 1.15. The van der Waals surface area contributed by atoms with Gasteiger partial charge in [-0.25, -0.2) is 0 Å². The SMILES string of the molecule is C[C@H]1[C@H]([Si](C)(C)F)[C@@H](CC(=O)N2Cc3ccccc3C[C@H]2CO)O[C@]12C(=O)N(Cc1cccc(-n3ncc4ccccc4c3=O)c1)c1ccc([N+](=O)[O-])cc12. The Morgan fingerprint density at radius 3 is 2.53 bits per heavy atom. The average molecular weight is 762 g/mol. The third-order valence-corrected chi connectivity index (χ3v) is 14.1. The molecule has 12 nitrogen and oxygen atoms in total. The predicted octanol–water partition coefficient (Wildman–Crippen LogP) is 5.95. The van der Waals surface area contributed by atoms with E-state index in [9.17, 15) is 24.8 Å². The third kappa shape index (κ3) is 6.04. The molecule has 4 aromatic carbocycles. The van der Waals surface area contributed by atoms with Crippen LogP contribution in [0.1, 0.15) is 35.6 Å². The van der Waals surface area contributed by atoms with Crippen molar-refractivity contribution < 1.29 is 28.5 Å². The van der Waals surface area contributed by atoms with Gasteiger partial charge in [-0.05, 0) is 60.5 Å². The average Bonchev–Trinajstić information content (AvgIpc) is 3.60. The molecule has 0 saturated carbocycles. The van der Waals surface area contributed by atoms with Gasteiger partial charge in [-0.15, -0.1) is 0 Å². The number of benzene rings is 4. The number of aliphatic hydroxyl groups is 1. The van der Waals surface area contributed by atoms with E-state index in [1.54, 1.807) is 54.4 Å². The minimum Gasteiger partial charge on any atom is -0.394 e. The molecule has 5 atom stereocenters. The molecule has 0 bridgehead atoms. The molecule has 1 fully saturated rings. The van der Waals surface area contributed by atoms with Gasteiger partial charge in [0, 0.05) is 41.1 Å². The number of fused-ring (bicyclic) bond motifs is 4. The van der Waals surface area contributed by atoms with Crippen LogP contribution in [-0.4, -0.2) is 63.7 Å². The number of rotatable bonds is 8. The van der Waals surface area contributed by atoms with Crippen LogP contribution in [0.15, 0.2) is 102 Å². The maximum atomic E-state index is 16.6. The molecule has 4 heterocycles. The van der Waals surface area contributed by atoms with Crippen molar-refractivity contribution >= 4 is 42.4 Å². The maximum Gasteiger partial charge on any atom is 0.279 e. The lowest BCUT2D eigenvalue weighted by atomic mass is 9.82. The molecule has 3 aliphatic heterocycles. The smallest absolute Gasteiger partial charge is 0.279 e. The van der Waals surface area contributed by atoms with E-state index < -0.39 is 48.4 Å². The highest BCUT2D eigenvalue weighted by atomic mass is 28.4. The van der Waals surface area contributed by atoms with Crippen molar-refractivity contribution in [1.29, 1.82) is 0 Å². The molecule has 1 aromatic heterocycles.